The van der Waals surface area contributed by atoms with Gasteiger partial charge in [-0.1, -0.05) is 18.2 Å². The van der Waals surface area contributed by atoms with Crippen molar-refractivity contribution in [2.75, 3.05) is 14.1 Å². The number of rotatable bonds is 4. The Morgan fingerprint density at radius 1 is 1.36 bits per heavy atom. The lowest BCUT2D eigenvalue weighted by molar-refractivity contribution is 0.470. The highest BCUT2D eigenvalue weighted by atomic mass is 32.2. The first-order valence-corrected chi connectivity index (χ1v) is 5.46. The fourth-order valence-electron chi connectivity index (χ4n) is 0.936. The van der Waals surface area contributed by atoms with E-state index in [0.717, 1.165) is 11.3 Å². The van der Waals surface area contributed by atoms with Gasteiger partial charge in [0.05, 0.1) is 0 Å². The number of hydrogen-bond acceptors (Lipinski definition) is 3. The van der Waals surface area contributed by atoms with Crippen molar-refractivity contribution in [2.45, 2.75) is 5.75 Å². The fourth-order valence-corrected chi connectivity index (χ4v) is 1.78. The summed E-state index contributed by atoms with van der Waals surface area (Å²) in [4.78, 5) is 1.98. The highest BCUT2D eigenvalue weighted by Crippen LogP contribution is 2.21. The smallest absolute Gasteiger partial charge is 0.119 e. The van der Waals surface area contributed by atoms with E-state index in [1.54, 1.807) is 17.8 Å². The third kappa shape index (κ3) is 3.75. The highest BCUT2D eigenvalue weighted by molar-refractivity contribution is 8.01. The van der Waals surface area contributed by atoms with E-state index in [2.05, 4.69) is 0 Å². The summed E-state index contributed by atoms with van der Waals surface area (Å²) in [6, 6.07) is 7.42. The van der Waals surface area contributed by atoms with Crippen LogP contribution in [-0.2, 0) is 5.75 Å². The number of phenols is 1. The van der Waals surface area contributed by atoms with Gasteiger partial charge in [-0.25, -0.2) is 0 Å². The van der Waals surface area contributed by atoms with Gasteiger partial charge in [-0.15, -0.1) is 11.8 Å². The van der Waals surface area contributed by atoms with Crippen molar-refractivity contribution in [3.05, 3.63) is 41.4 Å². The zero-order valence-corrected chi connectivity index (χ0v) is 9.29. The van der Waals surface area contributed by atoms with E-state index in [9.17, 15) is 5.11 Å². The molecule has 3 heteroatoms. The molecule has 0 heterocycles. The minimum absolute atomic E-state index is 0.373. The average molecular weight is 209 g/mol. The summed E-state index contributed by atoms with van der Waals surface area (Å²) in [5.41, 5.74) is 0.973. The highest BCUT2D eigenvalue weighted by Gasteiger charge is 1.97. The summed E-state index contributed by atoms with van der Waals surface area (Å²) in [5.74, 6) is 1.18. The molecule has 1 rings (SSSR count). The second-order valence-corrected chi connectivity index (χ2v) is 4.08. The van der Waals surface area contributed by atoms with E-state index in [-0.39, 0.29) is 0 Å². The van der Waals surface area contributed by atoms with Crippen molar-refractivity contribution in [1.29, 1.82) is 0 Å². The SMILES string of the molecule is CN(C)/C=C\SCc1ccccc1O. The molecule has 1 N–H and O–H groups in total. The Morgan fingerprint density at radius 2 is 2.07 bits per heavy atom. The molecule has 0 aliphatic carbocycles. The summed E-state index contributed by atoms with van der Waals surface area (Å²) in [6.45, 7) is 0. The summed E-state index contributed by atoms with van der Waals surface area (Å²) in [6.07, 6.45) is 1.99. The Bertz CT molecular complexity index is 310. The molecule has 0 amide bonds. The van der Waals surface area contributed by atoms with Gasteiger partial charge in [0.25, 0.3) is 0 Å². The number of para-hydroxylation sites is 1. The summed E-state index contributed by atoms with van der Waals surface area (Å²) >= 11 is 1.67. The van der Waals surface area contributed by atoms with E-state index in [4.69, 9.17) is 0 Å². The van der Waals surface area contributed by atoms with Crippen molar-refractivity contribution in [1.82, 2.24) is 4.90 Å². The second kappa shape index (κ2) is 5.60. The number of benzene rings is 1. The monoisotopic (exact) mass is 209 g/mol. The topological polar surface area (TPSA) is 23.5 Å². The zero-order valence-electron chi connectivity index (χ0n) is 8.47. The van der Waals surface area contributed by atoms with E-state index < -0.39 is 0 Å². The predicted molar refractivity (Wildman–Crippen MR) is 62.2 cm³/mol. The molecule has 0 saturated heterocycles. The molecule has 0 saturated carbocycles. The first-order valence-electron chi connectivity index (χ1n) is 4.41. The Morgan fingerprint density at radius 3 is 2.71 bits per heavy atom. The van der Waals surface area contributed by atoms with Crippen LogP contribution in [0.4, 0.5) is 0 Å². The van der Waals surface area contributed by atoms with Crippen LogP contribution in [0.5, 0.6) is 5.75 Å². The van der Waals surface area contributed by atoms with Gasteiger partial charge in [-0.3, -0.25) is 0 Å². The predicted octanol–water partition coefficient (Wildman–Crippen LogP) is 2.66. The summed E-state index contributed by atoms with van der Waals surface area (Å²) in [7, 11) is 3.97. The summed E-state index contributed by atoms with van der Waals surface area (Å²) < 4.78 is 0. The van der Waals surface area contributed by atoms with Gasteiger partial charge in [0.15, 0.2) is 0 Å². The van der Waals surface area contributed by atoms with Gasteiger partial charge < -0.3 is 10.0 Å². The third-order valence-corrected chi connectivity index (χ3v) is 2.48. The second-order valence-electron chi connectivity index (χ2n) is 3.19. The molecule has 1 aromatic rings. The normalized spacial score (nSPS) is 10.7. The maximum atomic E-state index is 9.47. The van der Waals surface area contributed by atoms with Crippen LogP contribution in [0, 0.1) is 0 Å². The molecule has 2 nitrogen and oxygen atoms in total. The average Bonchev–Trinajstić information content (AvgIpc) is 2.15. The molecule has 1 aromatic carbocycles. The summed E-state index contributed by atoms with van der Waals surface area (Å²) in [5, 5.41) is 11.5. The van der Waals surface area contributed by atoms with Crippen molar-refractivity contribution < 1.29 is 5.11 Å². The van der Waals surface area contributed by atoms with Crippen molar-refractivity contribution in [3.8, 4) is 5.75 Å². The quantitative estimate of drug-likeness (QED) is 0.824. The van der Waals surface area contributed by atoms with Crippen LogP contribution in [0.25, 0.3) is 0 Å². The minimum atomic E-state index is 0.373. The third-order valence-electron chi connectivity index (χ3n) is 1.69. The van der Waals surface area contributed by atoms with Gasteiger partial charge in [-0.05, 0) is 11.5 Å². The molecule has 76 valence electrons. The lowest BCUT2D eigenvalue weighted by atomic mass is 10.2. The van der Waals surface area contributed by atoms with Crippen LogP contribution in [0.3, 0.4) is 0 Å². The van der Waals surface area contributed by atoms with Crippen LogP contribution in [0.15, 0.2) is 35.9 Å². The lowest BCUT2D eigenvalue weighted by Gasteiger charge is -2.03. The van der Waals surface area contributed by atoms with Gasteiger partial charge >= 0.3 is 0 Å². The van der Waals surface area contributed by atoms with Crippen molar-refractivity contribution in [3.63, 3.8) is 0 Å². The van der Waals surface area contributed by atoms with Crippen LogP contribution in [0.2, 0.25) is 0 Å². The Hall–Kier alpha value is -1.09. The van der Waals surface area contributed by atoms with Gasteiger partial charge in [-0.2, -0.15) is 0 Å². The van der Waals surface area contributed by atoms with Crippen LogP contribution in [0.1, 0.15) is 5.56 Å². The first kappa shape index (κ1) is 11.0. The van der Waals surface area contributed by atoms with Crippen molar-refractivity contribution in [2.24, 2.45) is 0 Å². The van der Waals surface area contributed by atoms with E-state index in [0.29, 0.717) is 5.75 Å². The maximum absolute atomic E-state index is 9.47. The fraction of sp³-hybridized carbons (Fsp3) is 0.273. The molecule has 0 atom stereocenters. The number of nitrogens with zero attached hydrogens (tertiary/aromatic N) is 1. The first-order chi connectivity index (χ1) is 6.70. The van der Waals surface area contributed by atoms with Crippen LogP contribution in [-0.4, -0.2) is 24.1 Å². The molecule has 0 bridgehead atoms. The molecule has 0 aromatic heterocycles. The molecule has 0 fully saturated rings. The number of thioether (sulfide) groups is 1. The molecule has 14 heavy (non-hydrogen) atoms. The van der Waals surface area contributed by atoms with Crippen LogP contribution < -0.4 is 0 Å². The molecule has 0 aliphatic rings. The molecule has 0 aliphatic heterocycles. The molecule has 0 spiro atoms. The Balaban J connectivity index is 2.42. The molecule has 0 unspecified atom stereocenters. The molecular weight excluding hydrogens is 194 g/mol. The number of hydrogen-bond donors (Lipinski definition) is 1. The van der Waals surface area contributed by atoms with Crippen LogP contribution >= 0.6 is 11.8 Å². The van der Waals surface area contributed by atoms with E-state index >= 15 is 0 Å². The largest absolute Gasteiger partial charge is 0.508 e. The van der Waals surface area contributed by atoms with Crippen molar-refractivity contribution >= 4 is 11.8 Å². The van der Waals surface area contributed by atoms with E-state index in [1.807, 2.05) is 48.8 Å². The van der Waals surface area contributed by atoms with Gasteiger partial charge in [0, 0.05) is 31.6 Å². The Kier molecular flexibility index (Phi) is 4.40. The van der Waals surface area contributed by atoms with Gasteiger partial charge in [0.1, 0.15) is 5.75 Å². The standard InChI is InChI=1S/C11H15NOS/c1-12(2)7-8-14-9-10-5-3-4-6-11(10)13/h3-8,13H,9H2,1-2H3/b8-7-. The van der Waals surface area contributed by atoms with Gasteiger partial charge in [0.2, 0.25) is 0 Å². The van der Waals surface area contributed by atoms with E-state index in [1.165, 1.54) is 0 Å². The number of phenolic OH excluding ortho intramolecular Hbond substituents is 1. The zero-order chi connectivity index (χ0) is 10.4. The number of aromatic hydroxyl groups is 1. The Labute approximate surface area is 89.2 Å². The maximum Gasteiger partial charge on any atom is 0.119 e. The molecule has 0 radical (unpaired) electrons. The lowest BCUT2D eigenvalue weighted by Crippen LogP contribution is -1.99. The molecular formula is C11H15NOS. The minimum Gasteiger partial charge on any atom is -0.508 e.